The van der Waals surface area contributed by atoms with E-state index in [1.807, 2.05) is 6.92 Å². The van der Waals surface area contributed by atoms with Crippen LogP contribution >= 0.6 is 11.3 Å². The Bertz CT molecular complexity index is 516. The average molecular weight is 277 g/mol. The van der Waals surface area contributed by atoms with Gasteiger partial charge in [0.1, 0.15) is 0 Å². The van der Waals surface area contributed by atoms with E-state index >= 15 is 0 Å². The average Bonchev–Trinajstić information content (AvgIpc) is 2.89. The molecule has 0 aliphatic heterocycles. The Morgan fingerprint density at radius 1 is 1.37 bits per heavy atom. The van der Waals surface area contributed by atoms with Crippen molar-refractivity contribution in [3.05, 3.63) is 33.5 Å². The molecule has 1 aliphatic rings. The van der Waals surface area contributed by atoms with Crippen molar-refractivity contribution in [2.75, 3.05) is 0 Å². The Labute approximate surface area is 117 Å². The molecule has 0 spiro atoms. The first-order valence-electron chi connectivity index (χ1n) is 6.67. The molecule has 1 heterocycles. The number of amides is 1. The number of hydrogen-bond donors (Lipinski definition) is 1. The van der Waals surface area contributed by atoms with Crippen molar-refractivity contribution in [2.24, 2.45) is 0 Å². The molecule has 102 valence electrons. The Balaban J connectivity index is 1.99. The number of ketones is 1. The number of carbonyl (C=O) groups is 2. The summed E-state index contributed by atoms with van der Waals surface area (Å²) in [5.74, 6) is -0.0881. The van der Waals surface area contributed by atoms with E-state index in [2.05, 4.69) is 11.4 Å². The van der Waals surface area contributed by atoms with Crippen molar-refractivity contribution >= 4 is 23.0 Å². The first-order valence-corrected chi connectivity index (χ1v) is 7.55. The van der Waals surface area contributed by atoms with Gasteiger partial charge in [-0.25, -0.2) is 0 Å². The molecule has 1 aromatic rings. The number of nitrogens with one attached hydrogen (secondary N) is 1. The predicted octanol–water partition coefficient (Wildman–Crippen LogP) is 3.57. The van der Waals surface area contributed by atoms with Gasteiger partial charge in [0, 0.05) is 11.4 Å². The molecule has 3 nitrogen and oxygen atoms in total. The van der Waals surface area contributed by atoms with E-state index < -0.39 is 0 Å². The highest BCUT2D eigenvalue weighted by Gasteiger charge is 2.16. The molecule has 2 rings (SSSR count). The van der Waals surface area contributed by atoms with Gasteiger partial charge in [-0.15, -0.1) is 11.3 Å². The molecular formula is C15H19NO2S. The molecule has 0 bridgehead atoms. The van der Waals surface area contributed by atoms with Crippen LogP contribution in [0.15, 0.2) is 23.1 Å². The lowest BCUT2D eigenvalue weighted by Crippen LogP contribution is -2.34. The molecule has 1 aromatic heterocycles. The van der Waals surface area contributed by atoms with Crippen LogP contribution in [0.5, 0.6) is 0 Å². The van der Waals surface area contributed by atoms with Crippen molar-refractivity contribution in [1.29, 1.82) is 0 Å². The Kier molecular flexibility index (Phi) is 4.53. The summed E-state index contributed by atoms with van der Waals surface area (Å²) >= 11 is 1.32. The number of rotatable bonds is 4. The molecular weight excluding hydrogens is 258 g/mol. The predicted molar refractivity (Wildman–Crippen MR) is 77.8 cm³/mol. The first-order chi connectivity index (χ1) is 9.08. The minimum absolute atomic E-state index is 0.00656. The zero-order chi connectivity index (χ0) is 13.8. The third kappa shape index (κ3) is 3.53. The normalized spacial score (nSPS) is 16.6. The summed E-state index contributed by atoms with van der Waals surface area (Å²) in [5.41, 5.74) is 1.90. The van der Waals surface area contributed by atoms with Crippen LogP contribution in [0, 0.1) is 0 Å². The van der Waals surface area contributed by atoms with Crippen LogP contribution in [-0.4, -0.2) is 17.7 Å². The summed E-state index contributed by atoms with van der Waals surface area (Å²) < 4.78 is 0. The van der Waals surface area contributed by atoms with Gasteiger partial charge in [0.15, 0.2) is 5.78 Å². The van der Waals surface area contributed by atoms with E-state index in [-0.39, 0.29) is 17.7 Å². The minimum atomic E-state index is -0.0947. The molecule has 0 radical (unpaired) electrons. The quantitative estimate of drug-likeness (QED) is 0.675. The van der Waals surface area contributed by atoms with Crippen LogP contribution in [0.25, 0.3) is 0 Å². The smallest absolute Gasteiger partial charge is 0.252 e. The third-order valence-corrected chi connectivity index (χ3v) is 4.47. The lowest BCUT2D eigenvalue weighted by atomic mass is 9.94. The summed E-state index contributed by atoms with van der Waals surface area (Å²) in [6, 6.07) is 1.75. The standard InChI is InChI=1S/C15H19NO2S/c1-10(12-6-4-3-5-7-12)16-15(18)13-8-14(11(2)17)19-9-13/h6,8-10H,3-5,7H2,1-2H3,(H,16,18). The van der Waals surface area contributed by atoms with Crippen LogP contribution in [-0.2, 0) is 0 Å². The van der Waals surface area contributed by atoms with Gasteiger partial charge in [0.2, 0.25) is 0 Å². The van der Waals surface area contributed by atoms with Crippen LogP contribution in [0.1, 0.15) is 59.6 Å². The summed E-state index contributed by atoms with van der Waals surface area (Å²) in [4.78, 5) is 23.9. The maximum Gasteiger partial charge on any atom is 0.252 e. The van der Waals surface area contributed by atoms with Crippen LogP contribution in [0.4, 0.5) is 0 Å². The van der Waals surface area contributed by atoms with E-state index in [0.717, 1.165) is 12.8 Å². The van der Waals surface area contributed by atoms with Crippen molar-refractivity contribution in [1.82, 2.24) is 5.32 Å². The van der Waals surface area contributed by atoms with E-state index in [1.54, 1.807) is 11.4 Å². The maximum absolute atomic E-state index is 12.1. The molecule has 1 atom stereocenters. The summed E-state index contributed by atoms with van der Waals surface area (Å²) in [6.45, 7) is 3.54. The molecule has 1 unspecified atom stereocenters. The minimum Gasteiger partial charge on any atom is -0.346 e. The molecule has 0 saturated heterocycles. The fraction of sp³-hybridized carbons (Fsp3) is 0.467. The highest BCUT2D eigenvalue weighted by atomic mass is 32.1. The summed E-state index contributed by atoms with van der Waals surface area (Å²) in [7, 11) is 0. The fourth-order valence-corrected chi connectivity index (χ4v) is 3.06. The van der Waals surface area contributed by atoms with Gasteiger partial charge in [0.25, 0.3) is 5.91 Å². The lowest BCUT2D eigenvalue weighted by Gasteiger charge is -2.20. The van der Waals surface area contributed by atoms with Gasteiger partial charge in [-0.1, -0.05) is 11.6 Å². The van der Waals surface area contributed by atoms with E-state index in [0.29, 0.717) is 10.4 Å². The third-order valence-electron chi connectivity index (χ3n) is 3.44. The molecule has 0 aromatic carbocycles. The van der Waals surface area contributed by atoms with Gasteiger partial charge in [-0.3, -0.25) is 9.59 Å². The first kappa shape index (κ1) is 14.0. The monoisotopic (exact) mass is 277 g/mol. The molecule has 0 fully saturated rings. The molecule has 4 heteroatoms. The Hall–Kier alpha value is -1.42. The van der Waals surface area contributed by atoms with Crippen LogP contribution < -0.4 is 5.32 Å². The molecule has 19 heavy (non-hydrogen) atoms. The van der Waals surface area contributed by atoms with Crippen molar-refractivity contribution < 1.29 is 9.59 Å². The van der Waals surface area contributed by atoms with Crippen molar-refractivity contribution in [3.63, 3.8) is 0 Å². The van der Waals surface area contributed by atoms with Gasteiger partial charge < -0.3 is 5.32 Å². The van der Waals surface area contributed by atoms with Gasteiger partial charge >= 0.3 is 0 Å². The Morgan fingerprint density at radius 3 is 2.74 bits per heavy atom. The number of thiophene rings is 1. The number of Topliss-reactive ketones (excluding diaryl/α,β-unsaturated/α-hetero) is 1. The second-order valence-electron chi connectivity index (χ2n) is 4.98. The SMILES string of the molecule is CC(=O)c1cc(C(=O)NC(C)C2=CCCCC2)cs1. The maximum atomic E-state index is 12.1. The van der Waals surface area contributed by atoms with Gasteiger partial charge in [-0.05, 0) is 45.6 Å². The van der Waals surface area contributed by atoms with E-state index in [4.69, 9.17) is 0 Å². The molecule has 1 amide bonds. The fourth-order valence-electron chi connectivity index (χ4n) is 2.27. The van der Waals surface area contributed by atoms with Crippen LogP contribution in [0.2, 0.25) is 0 Å². The van der Waals surface area contributed by atoms with Crippen molar-refractivity contribution in [2.45, 2.75) is 45.6 Å². The number of carbonyl (C=O) groups excluding carboxylic acids is 2. The van der Waals surface area contributed by atoms with Gasteiger partial charge in [0.05, 0.1) is 10.4 Å². The van der Waals surface area contributed by atoms with Crippen LogP contribution in [0.3, 0.4) is 0 Å². The highest BCUT2D eigenvalue weighted by Crippen LogP contribution is 2.21. The largest absolute Gasteiger partial charge is 0.346 e. The van der Waals surface area contributed by atoms with E-state index in [1.165, 1.54) is 36.7 Å². The summed E-state index contributed by atoms with van der Waals surface area (Å²) in [6.07, 6.45) is 6.88. The highest BCUT2D eigenvalue weighted by molar-refractivity contribution is 7.12. The van der Waals surface area contributed by atoms with Crippen molar-refractivity contribution in [3.8, 4) is 0 Å². The summed E-state index contributed by atoms with van der Waals surface area (Å²) in [5, 5.41) is 4.75. The number of allylic oxidation sites excluding steroid dienone is 1. The second-order valence-corrected chi connectivity index (χ2v) is 5.89. The topological polar surface area (TPSA) is 46.2 Å². The van der Waals surface area contributed by atoms with Gasteiger partial charge in [-0.2, -0.15) is 0 Å². The zero-order valence-electron chi connectivity index (χ0n) is 11.4. The second kappa shape index (κ2) is 6.15. The molecule has 1 aliphatic carbocycles. The Morgan fingerprint density at radius 2 is 2.16 bits per heavy atom. The number of hydrogen-bond acceptors (Lipinski definition) is 3. The molecule has 1 N–H and O–H groups in total. The lowest BCUT2D eigenvalue weighted by molar-refractivity contribution is 0.0945. The zero-order valence-corrected chi connectivity index (χ0v) is 12.2. The molecule has 0 saturated carbocycles. The van der Waals surface area contributed by atoms with E-state index in [9.17, 15) is 9.59 Å².